The molecule has 1 aliphatic rings. The van der Waals surface area contributed by atoms with E-state index in [-0.39, 0.29) is 17.8 Å². The van der Waals surface area contributed by atoms with Crippen molar-refractivity contribution in [3.8, 4) is 0 Å². The zero-order valence-electron chi connectivity index (χ0n) is 9.96. The first-order valence-corrected chi connectivity index (χ1v) is 5.85. The smallest absolute Gasteiger partial charge is 0.291 e. The monoisotopic (exact) mass is 247 g/mol. The molecule has 7 nitrogen and oxygen atoms in total. The summed E-state index contributed by atoms with van der Waals surface area (Å²) in [7, 11) is 0. The molecule has 94 valence electrons. The lowest BCUT2D eigenvalue weighted by Crippen LogP contribution is -2.31. The van der Waals surface area contributed by atoms with Gasteiger partial charge in [-0.2, -0.15) is 5.10 Å². The molecule has 1 saturated heterocycles. The van der Waals surface area contributed by atoms with Crippen LogP contribution in [0, 0.1) is 6.92 Å². The van der Waals surface area contributed by atoms with E-state index >= 15 is 0 Å². The summed E-state index contributed by atoms with van der Waals surface area (Å²) in [6, 6.07) is 1.82. The van der Waals surface area contributed by atoms with E-state index in [0.717, 1.165) is 24.3 Å². The first kappa shape index (κ1) is 10.9. The highest BCUT2D eigenvalue weighted by Gasteiger charge is 2.34. The molecule has 0 spiro atoms. The first-order valence-electron chi connectivity index (χ1n) is 5.85. The molecule has 0 bridgehead atoms. The van der Waals surface area contributed by atoms with Crippen molar-refractivity contribution < 1.29 is 9.32 Å². The quantitative estimate of drug-likeness (QED) is 0.857. The fourth-order valence-corrected chi connectivity index (χ4v) is 2.29. The molecule has 1 atom stereocenters. The zero-order chi connectivity index (χ0) is 12.5. The minimum Gasteiger partial charge on any atom is -0.359 e. The second-order valence-electron chi connectivity index (χ2n) is 4.36. The Morgan fingerprint density at radius 2 is 2.50 bits per heavy atom. The summed E-state index contributed by atoms with van der Waals surface area (Å²) >= 11 is 0. The van der Waals surface area contributed by atoms with Gasteiger partial charge < -0.3 is 9.42 Å². The van der Waals surface area contributed by atoms with Gasteiger partial charge in [-0.25, -0.2) is 4.98 Å². The van der Waals surface area contributed by atoms with Gasteiger partial charge in [0.1, 0.15) is 6.33 Å². The molecule has 0 radical (unpaired) electrons. The number of nitrogens with one attached hydrogen (secondary N) is 1. The topological polar surface area (TPSA) is 87.9 Å². The van der Waals surface area contributed by atoms with E-state index < -0.39 is 0 Å². The van der Waals surface area contributed by atoms with Gasteiger partial charge in [-0.15, -0.1) is 0 Å². The predicted octanol–water partition coefficient (Wildman–Crippen LogP) is 1.08. The normalized spacial score (nSPS) is 19.4. The summed E-state index contributed by atoms with van der Waals surface area (Å²) in [6.45, 7) is 2.56. The van der Waals surface area contributed by atoms with Crippen LogP contribution in [0.3, 0.4) is 0 Å². The van der Waals surface area contributed by atoms with Crippen molar-refractivity contribution in [3.63, 3.8) is 0 Å². The molecular formula is C11H13N5O2. The molecule has 1 fully saturated rings. The third-order valence-corrected chi connectivity index (χ3v) is 3.11. The molecule has 3 heterocycles. The molecule has 0 aliphatic carbocycles. The van der Waals surface area contributed by atoms with E-state index in [2.05, 4.69) is 20.3 Å². The standard InChI is InChI=1S/C11H13N5O2/c1-7-5-9(18-15-7)8-3-2-4-16(8)11(17)10-12-6-13-14-10/h5-6,8H,2-4H2,1H3,(H,12,13,14). The van der Waals surface area contributed by atoms with E-state index in [1.54, 1.807) is 4.90 Å². The Morgan fingerprint density at radius 1 is 1.61 bits per heavy atom. The van der Waals surface area contributed by atoms with Gasteiger partial charge in [0.15, 0.2) is 5.76 Å². The lowest BCUT2D eigenvalue weighted by atomic mass is 10.1. The van der Waals surface area contributed by atoms with Crippen molar-refractivity contribution in [1.29, 1.82) is 0 Å². The molecule has 1 aliphatic heterocycles. The Hall–Kier alpha value is -2.18. The predicted molar refractivity (Wildman–Crippen MR) is 60.6 cm³/mol. The van der Waals surface area contributed by atoms with E-state index in [1.165, 1.54) is 6.33 Å². The maximum atomic E-state index is 12.2. The number of hydrogen-bond donors (Lipinski definition) is 1. The fourth-order valence-electron chi connectivity index (χ4n) is 2.29. The fraction of sp³-hybridized carbons (Fsp3) is 0.455. The van der Waals surface area contributed by atoms with Gasteiger partial charge in [-0.1, -0.05) is 5.16 Å². The van der Waals surface area contributed by atoms with Crippen molar-refractivity contribution in [2.24, 2.45) is 0 Å². The van der Waals surface area contributed by atoms with Gasteiger partial charge in [0, 0.05) is 12.6 Å². The number of aromatic nitrogens is 4. The lowest BCUT2D eigenvalue weighted by Gasteiger charge is -2.21. The van der Waals surface area contributed by atoms with Crippen molar-refractivity contribution in [1.82, 2.24) is 25.2 Å². The maximum absolute atomic E-state index is 12.2. The number of hydrogen-bond acceptors (Lipinski definition) is 5. The Balaban J connectivity index is 1.85. The van der Waals surface area contributed by atoms with Crippen LogP contribution >= 0.6 is 0 Å². The molecule has 18 heavy (non-hydrogen) atoms. The molecule has 2 aromatic rings. The summed E-state index contributed by atoms with van der Waals surface area (Å²) in [5.41, 5.74) is 0.823. The number of likely N-dealkylation sites (tertiary alicyclic amines) is 1. The molecule has 2 aromatic heterocycles. The summed E-state index contributed by atoms with van der Waals surface area (Å²) in [5, 5.41) is 10.2. The summed E-state index contributed by atoms with van der Waals surface area (Å²) in [6.07, 6.45) is 3.16. The van der Waals surface area contributed by atoms with Crippen molar-refractivity contribution >= 4 is 5.91 Å². The van der Waals surface area contributed by atoms with Crippen LogP contribution in [0.5, 0.6) is 0 Å². The molecule has 7 heteroatoms. The Morgan fingerprint density at radius 3 is 3.17 bits per heavy atom. The second kappa shape index (κ2) is 4.25. The number of amides is 1. The largest absolute Gasteiger partial charge is 0.359 e. The molecule has 1 unspecified atom stereocenters. The number of aryl methyl sites for hydroxylation is 1. The number of H-pyrrole nitrogens is 1. The zero-order valence-corrected chi connectivity index (χ0v) is 9.96. The van der Waals surface area contributed by atoms with Crippen LogP contribution in [0.25, 0.3) is 0 Å². The summed E-state index contributed by atoms with van der Waals surface area (Å²) in [5.74, 6) is 0.847. The molecule has 0 aromatic carbocycles. The highest BCUT2D eigenvalue weighted by molar-refractivity contribution is 5.90. The average molecular weight is 247 g/mol. The first-order chi connectivity index (χ1) is 8.75. The van der Waals surface area contributed by atoms with Gasteiger partial charge in [0.2, 0.25) is 5.82 Å². The Labute approximate surface area is 103 Å². The highest BCUT2D eigenvalue weighted by Crippen LogP contribution is 2.32. The molecule has 0 saturated carbocycles. The lowest BCUT2D eigenvalue weighted by molar-refractivity contribution is 0.0702. The maximum Gasteiger partial charge on any atom is 0.291 e. The molecular weight excluding hydrogens is 234 g/mol. The van der Waals surface area contributed by atoms with Crippen LogP contribution in [0.1, 0.15) is 41.0 Å². The Bertz CT molecular complexity index is 548. The molecule has 1 amide bonds. The Kier molecular flexibility index (Phi) is 2.58. The molecule has 3 rings (SSSR count). The van der Waals surface area contributed by atoms with Crippen molar-refractivity contribution in [3.05, 3.63) is 29.7 Å². The number of aromatic amines is 1. The number of nitrogens with zero attached hydrogens (tertiary/aromatic N) is 4. The summed E-state index contributed by atoms with van der Waals surface area (Å²) in [4.78, 5) is 17.9. The molecule has 1 N–H and O–H groups in total. The highest BCUT2D eigenvalue weighted by atomic mass is 16.5. The van der Waals surface area contributed by atoms with Gasteiger partial charge in [0.25, 0.3) is 5.91 Å². The van der Waals surface area contributed by atoms with Crippen LogP contribution in [-0.2, 0) is 0 Å². The van der Waals surface area contributed by atoms with E-state index in [9.17, 15) is 4.79 Å². The van der Waals surface area contributed by atoms with Crippen LogP contribution < -0.4 is 0 Å². The van der Waals surface area contributed by atoms with Crippen LogP contribution in [0.15, 0.2) is 16.9 Å². The number of carbonyl (C=O) groups is 1. The average Bonchev–Trinajstić information content (AvgIpc) is 3.09. The number of rotatable bonds is 2. The minimum atomic E-state index is -0.149. The van der Waals surface area contributed by atoms with Gasteiger partial charge >= 0.3 is 0 Å². The minimum absolute atomic E-state index is 0.0520. The number of carbonyl (C=O) groups excluding carboxylic acids is 1. The third kappa shape index (κ3) is 1.77. The van der Waals surface area contributed by atoms with E-state index in [1.807, 2.05) is 13.0 Å². The van der Waals surface area contributed by atoms with E-state index in [4.69, 9.17) is 4.52 Å². The van der Waals surface area contributed by atoms with Crippen molar-refractivity contribution in [2.45, 2.75) is 25.8 Å². The second-order valence-corrected chi connectivity index (χ2v) is 4.36. The van der Waals surface area contributed by atoms with Gasteiger partial charge in [-0.3, -0.25) is 9.89 Å². The van der Waals surface area contributed by atoms with E-state index in [0.29, 0.717) is 6.54 Å². The van der Waals surface area contributed by atoms with Gasteiger partial charge in [0.05, 0.1) is 11.7 Å². The van der Waals surface area contributed by atoms with Crippen LogP contribution in [-0.4, -0.2) is 37.7 Å². The van der Waals surface area contributed by atoms with Crippen LogP contribution in [0.2, 0.25) is 0 Å². The van der Waals surface area contributed by atoms with Gasteiger partial charge in [-0.05, 0) is 19.8 Å². The van der Waals surface area contributed by atoms with Crippen molar-refractivity contribution in [2.75, 3.05) is 6.54 Å². The SMILES string of the molecule is Cc1cc(C2CCCN2C(=O)c2ncn[nH]2)on1. The third-order valence-electron chi connectivity index (χ3n) is 3.11. The van der Waals surface area contributed by atoms with Crippen LogP contribution in [0.4, 0.5) is 0 Å². The summed E-state index contributed by atoms with van der Waals surface area (Å²) < 4.78 is 5.26.